The van der Waals surface area contributed by atoms with Crippen LogP contribution in [0.2, 0.25) is 0 Å². The van der Waals surface area contributed by atoms with Gasteiger partial charge in [0.1, 0.15) is 5.01 Å². The number of hydrogen-bond acceptors (Lipinski definition) is 4. The molecule has 0 spiro atoms. The van der Waals surface area contributed by atoms with Gasteiger partial charge in [-0.3, -0.25) is 4.79 Å². The maximum Gasteiger partial charge on any atom is 0.226 e. The number of nitrogens with one attached hydrogen (secondary N) is 1. The third kappa shape index (κ3) is 2.40. The van der Waals surface area contributed by atoms with Crippen LogP contribution in [0.25, 0.3) is 0 Å². The molecule has 0 aromatic carbocycles. The second-order valence-electron chi connectivity index (χ2n) is 6.41. The first kappa shape index (κ1) is 11.8. The Morgan fingerprint density at radius 2 is 2.11 bits per heavy atom. The summed E-state index contributed by atoms with van der Waals surface area (Å²) in [5, 5.41) is 13.0. The number of rotatable bonds is 4. The first-order valence-corrected chi connectivity index (χ1v) is 8.23. The maximum atomic E-state index is 12.1. The Morgan fingerprint density at radius 3 is 2.79 bits per heavy atom. The monoisotopic (exact) mass is 277 g/mol. The molecule has 3 atom stereocenters. The van der Waals surface area contributed by atoms with Crippen molar-refractivity contribution in [2.45, 2.75) is 50.9 Å². The quantitative estimate of drug-likeness (QED) is 0.919. The molecule has 4 rings (SSSR count). The van der Waals surface area contributed by atoms with Crippen LogP contribution < -0.4 is 5.32 Å². The van der Waals surface area contributed by atoms with Crippen LogP contribution in [0.5, 0.6) is 0 Å². The highest BCUT2D eigenvalue weighted by molar-refractivity contribution is 7.15. The number of nitrogens with zero attached hydrogens (tertiary/aromatic N) is 2. The van der Waals surface area contributed by atoms with Crippen LogP contribution in [0.15, 0.2) is 0 Å². The summed E-state index contributed by atoms with van der Waals surface area (Å²) in [6.45, 7) is 0. The zero-order valence-electron chi connectivity index (χ0n) is 11.0. The molecular weight excluding hydrogens is 258 g/mol. The minimum absolute atomic E-state index is 0.135. The number of hydrogen-bond donors (Lipinski definition) is 1. The largest absolute Gasteiger partial charge is 0.301 e. The molecule has 1 amide bonds. The highest BCUT2D eigenvalue weighted by atomic mass is 32.1. The highest BCUT2D eigenvalue weighted by Gasteiger charge is 2.40. The van der Waals surface area contributed by atoms with Crippen LogP contribution in [0.3, 0.4) is 0 Å². The van der Waals surface area contributed by atoms with Crippen LogP contribution in [0.4, 0.5) is 5.13 Å². The van der Waals surface area contributed by atoms with Crippen LogP contribution >= 0.6 is 11.3 Å². The lowest BCUT2D eigenvalue weighted by Gasteiger charge is -2.20. The van der Waals surface area contributed by atoms with Gasteiger partial charge in [0.05, 0.1) is 0 Å². The minimum atomic E-state index is 0.135. The van der Waals surface area contributed by atoms with Gasteiger partial charge in [-0.1, -0.05) is 17.8 Å². The SMILES string of the molecule is O=C(C[C@H]1C[C@@H]2CC[C@@H]1C2)Nc1nnc(C2CC2)s1. The third-order valence-electron chi connectivity index (χ3n) is 4.95. The van der Waals surface area contributed by atoms with E-state index in [1.165, 1.54) is 38.5 Å². The summed E-state index contributed by atoms with van der Waals surface area (Å²) in [6.07, 6.45) is 8.50. The maximum absolute atomic E-state index is 12.1. The highest BCUT2D eigenvalue weighted by Crippen LogP contribution is 2.49. The minimum Gasteiger partial charge on any atom is -0.301 e. The van der Waals surface area contributed by atoms with Crippen molar-refractivity contribution in [3.63, 3.8) is 0 Å². The molecule has 0 aliphatic heterocycles. The van der Waals surface area contributed by atoms with Gasteiger partial charge in [-0.05, 0) is 49.9 Å². The number of fused-ring (bicyclic) bond motifs is 2. The van der Waals surface area contributed by atoms with Gasteiger partial charge in [0, 0.05) is 12.3 Å². The summed E-state index contributed by atoms with van der Waals surface area (Å²) < 4.78 is 0. The third-order valence-corrected chi connectivity index (χ3v) is 5.95. The van der Waals surface area contributed by atoms with Crippen LogP contribution in [0, 0.1) is 17.8 Å². The second-order valence-corrected chi connectivity index (χ2v) is 7.42. The zero-order chi connectivity index (χ0) is 12.8. The summed E-state index contributed by atoms with van der Waals surface area (Å²) in [5.41, 5.74) is 0. The Balaban J connectivity index is 1.33. The fourth-order valence-corrected chi connectivity index (χ4v) is 4.74. The van der Waals surface area contributed by atoms with Crippen molar-refractivity contribution in [1.29, 1.82) is 0 Å². The van der Waals surface area contributed by atoms with E-state index in [2.05, 4.69) is 15.5 Å². The van der Waals surface area contributed by atoms with E-state index in [1.54, 1.807) is 11.3 Å². The van der Waals surface area contributed by atoms with E-state index in [0.717, 1.165) is 16.8 Å². The molecule has 3 aliphatic rings. The molecule has 1 heterocycles. The fourth-order valence-electron chi connectivity index (χ4n) is 3.82. The van der Waals surface area contributed by atoms with Crippen molar-refractivity contribution in [1.82, 2.24) is 10.2 Å². The molecule has 5 heteroatoms. The lowest BCUT2D eigenvalue weighted by atomic mass is 9.86. The van der Waals surface area contributed by atoms with Crippen LogP contribution in [0.1, 0.15) is 55.9 Å². The van der Waals surface area contributed by atoms with E-state index in [-0.39, 0.29) is 5.91 Å². The fraction of sp³-hybridized carbons (Fsp3) is 0.786. The number of carbonyl (C=O) groups excluding carboxylic acids is 1. The number of anilines is 1. The Kier molecular flexibility index (Phi) is 2.83. The smallest absolute Gasteiger partial charge is 0.226 e. The molecule has 3 fully saturated rings. The van der Waals surface area contributed by atoms with Gasteiger partial charge in [0.2, 0.25) is 11.0 Å². The van der Waals surface area contributed by atoms with E-state index in [9.17, 15) is 4.79 Å². The molecule has 1 aromatic heterocycles. The van der Waals surface area contributed by atoms with E-state index >= 15 is 0 Å². The van der Waals surface area contributed by atoms with E-state index in [4.69, 9.17) is 0 Å². The van der Waals surface area contributed by atoms with Crippen LogP contribution in [-0.2, 0) is 4.79 Å². The van der Waals surface area contributed by atoms with Crippen molar-refractivity contribution < 1.29 is 4.79 Å². The Labute approximate surface area is 117 Å². The predicted octanol–water partition coefficient (Wildman–Crippen LogP) is 3.18. The summed E-state index contributed by atoms with van der Waals surface area (Å²) in [7, 11) is 0. The molecule has 3 saturated carbocycles. The molecular formula is C14H19N3OS. The normalized spacial score (nSPS) is 32.7. The van der Waals surface area contributed by atoms with E-state index in [1.807, 2.05) is 0 Å². The summed E-state index contributed by atoms with van der Waals surface area (Å²) in [6, 6.07) is 0. The summed E-state index contributed by atoms with van der Waals surface area (Å²) >= 11 is 1.55. The first-order valence-electron chi connectivity index (χ1n) is 7.41. The lowest BCUT2D eigenvalue weighted by Crippen LogP contribution is -2.20. The molecule has 3 aliphatic carbocycles. The lowest BCUT2D eigenvalue weighted by molar-refractivity contribution is -0.117. The molecule has 19 heavy (non-hydrogen) atoms. The topological polar surface area (TPSA) is 54.9 Å². The second kappa shape index (κ2) is 4.54. The van der Waals surface area contributed by atoms with Crippen molar-refractivity contribution in [2.75, 3.05) is 5.32 Å². The van der Waals surface area contributed by atoms with Gasteiger partial charge in [-0.15, -0.1) is 10.2 Å². The van der Waals surface area contributed by atoms with Crippen molar-refractivity contribution in [2.24, 2.45) is 17.8 Å². The molecule has 0 radical (unpaired) electrons. The Hall–Kier alpha value is -0.970. The number of amides is 1. The van der Waals surface area contributed by atoms with Gasteiger partial charge < -0.3 is 5.32 Å². The number of aromatic nitrogens is 2. The van der Waals surface area contributed by atoms with Crippen molar-refractivity contribution in [3.8, 4) is 0 Å². The molecule has 1 N–H and O–H groups in total. The van der Waals surface area contributed by atoms with Gasteiger partial charge in [-0.2, -0.15) is 0 Å². The van der Waals surface area contributed by atoms with Crippen molar-refractivity contribution >= 4 is 22.4 Å². The van der Waals surface area contributed by atoms with E-state index in [0.29, 0.717) is 23.4 Å². The van der Waals surface area contributed by atoms with Crippen LogP contribution in [-0.4, -0.2) is 16.1 Å². The average molecular weight is 277 g/mol. The zero-order valence-corrected chi connectivity index (χ0v) is 11.8. The summed E-state index contributed by atoms with van der Waals surface area (Å²) in [5.74, 6) is 3.09. The number of carbonyl (C=O) groups is 1. The molecule has 0 saturated heterocycles. The molecule has 102 valence electrons. The predicted molar refractivity (Wildman–Crippen MR) is 74.1 cm³/mol. The Morgan fingerprint density at radius 1 is 1.21 bits per heavy atom. The van der Waals surface area contributed by atoms with Gasteiger partial charge in [-0.25, -0.2) is 0 Å². The summed E-state index contributed by atoms with van der Waals surface area (Å²) in [4.78, 5) is 12.1. The molecule has 1 aromatic rings. The first-order chi connectivity index (χ1) is 9.28. The average Bonchev–Trinajstić information content (AvgIpc) is 2.83. The van der Waals surface area contributed by atoms with Gasteiger partial charge >= 0.3 is 0 Å². The van der Waals surface area contributed by atoms with Gasteiger partial charge in [0.15, 0.2) is 0 Å². The standard InChI is InChI=1S/C14H19N3OS/c18-12(7-11-6-8-1-2-10(11)5-8)15-14-17-16-13(19-14)9-3-4-9/h8-11H,1-7H2,(H,15,17,18)/t8-,10-,11-/m1/s1. The molecule has 2 bridgehead atoms. The van der Waals surface area contributed by atoms with Crippen molar-refractivity contribution in [3.05, 3.63) is 5.01 Å². The van der Waals surface area contributed by atoms with E-state index < -0.39 is 0 Å². The molecule has 4 nitrogen and oxygen atoms in total. The van der Waals surface area contributed by atoms with Gasteiger partial charge in [0.25, 0.3) is 0 Å². The Bertz CT molecular complexity index is 497. The molecule has 0 unspecified atom stereocenters.